The van der Waals surface area contributed by atoms with E-state index in [-0.39, 0.29) is 11.7 Å². The van der Waals surface area contributed by atoms with Crippen molar-refractivity contribution in [3.05, 3.63) is 34.4 Å². The molecule has 0 spiro atoms. The lowest BCUT2D eigenvalue weighted by Crippen LogP contribution is -2.38. The summed E-state index contributed by atoms with van der Waals surface area (Å²) in [6.45, 7) is 9.51. The second-order valence-corrected chi connectivity index (χ2v) is 8.48. The third-order valence-electron chi connectivity index (χ3n) is 4.39. The van der Waals surface area contributed by atoms with E-state index in [4.69, 9.17) is 0 Å². The molecule has 1 aliphatic heterocycles. The Hall–Kier alpha value is -1.40. The summed E-state index contributed by atoms with van der Waals surface area (Å²) in [7, 11) is -3.18. The molecule has 1 aliphatic rings. The van der Waals surface area contributed by atoms with Crippen LogP contribution in [0.5, 0.6) is 0 Å². The molecule has 1 aromatic rings. The maximum absolute atomic E-state index is 12.9. The number of hydrogen-bond donors (Lipinski definition) is 0. The van der Waals surface area contributed by atoms with E-state index in [0.717, 1.165) is 22.3 Å². The highest BCUT2D eigenvalue weighted by Crippen LogP contribution is 2.20. The van der Waals surface area contributed by atoms with Gasteiger partial charge in [0, 0.05) is 31.7 Å². The van der Waals surface area contributed by atoms with Gasteiger partial charge in [0.25, 0.3) is 5.91 Å². The summed E-state index contributed by atoms with van der Waals surface area (Å²) in [6, 6.07) is 4.04. The van der Waals surface area contributed by atoms with Gasteiger partial charge in [0.15, 0.2) is 0 Å². The van der Waals surface area contributed by atoms with Crippen LogP contribution in [0, 0.1) is 20.8 Å². The second-order valence-electron chi connectivity index (χ2n) is 6.22. The lowest BCUT2D eigenvalue weighted by Gasteiger charge is -2.23. The molecule has 2 rings (SSSR count). The Bertz CT molecular complexity index is 675. The summed E-state index contributed by atoms with van der Waals surface area (Å²) in [5.74, 6) is 0.118. The molecule has 1 saturated heterocycles. The highest BCUT2D eigenvalue weighted by Gasteiger charge is 2.27. The van der Waals surface area contributed by atoms with E-state index in [1.54, 1.807) is 11.8 Å². The molecule has 1 fully saturated rings. The van der Waals surface area contributed by atoms with E-state index in [2.05, 4.69) is 0 Å². The van der Waals surface area contributed by atoms with Crippen molar-refractivity contribution in [1.29, 1.82) is 0 Å². The van der Waals surface area contributed by atoms with Crippen LogP contribution < -0.4 is 0 Å². The van der Waals surface area contributed by atoms with Crippen molar-refractivity contribution in [2.45, 2.75) is 34.1 Å². The minimum absolute atomic E-state index is 0.00995. The SMILES string of the molecule is CCS(=O)(=O)N1CCCN(C(=O)c2c(C)cc(C)cc2C)CC1. The molecule has 1 heterocycles. The predicted molar refractivity (Wildman–Crippen MR) is 92.2 cm³/mol. The number of amides is 1. The van der Waals surface area contributed by atoms with E-state index in [1.807, 2.05) is 32.9 Å². The molecule has 1 amide bonds. The molecule has 1 aromatic carbocycles. The smallest absolute Gasteiger partial charge is 0.254 e. The normalized spacial score (nSPS) is 17.1. The van der Waals surface area contributed by atoms with Crippen molar-refractivity contribution in [2.75, 3.05) is 31.9 Å². The molecule has 0 radical (unpaired) electrons. The van der Waals surface area contributed by atoms with Gasteiger partial charge >= 0.3 is 0 Å². The minimum Gasteiger partial charge on any atom is -0.337 e. The molecule has 0 unspecified atom stereocenters. The molecule has 0 bridgehead atoms. The van der Waals surface area contributed by atoms with Crippen LogP contribution in [0.4, 0.5) is 0 Å². The van der Waals surface area contributed by atoms with Gasteiger partial charge in [-0.05, 0) is 45.2 Å². The van der Waals surface area contributed by atoms with Crippen LogP contribution in [0.15, 0.2) is 12.1 Å². The van der Waals surface area contributed by atoms with Gasteiger partial charge in [0.05, 0.1) is 5.75 Å². The zero-order valence-electron chi connectivity index (χ0n) is 14.4. The first kappa shape index (κ1) is 17.9. The first-order valence-corrected chi connectivity index (χ1v) is 9.72. The first-order chi connectivity index (χ1) is 10.8. The summed E-state index contributed by atoms with van der Waals surface area (Å²) in [5, 5.41) is 0. The zero-order valence-corrected chi connectivity index (χ0v) is 15.2. The van der Waals surface area contributed by atoms with Crippen molar-refractivity contribution in [3.8, 4) is 0 Å². The van der Waals surface area contributed by atoms with E-state index in [0.29, 0.717) is 32.6 Å². The van der Waals surface area contributed by atoms with E-state index >= 15 is 0 Å². The number of carbonyl (C=O) groups is 1. The molecule has 0 saturated carbocycles. The third-order valence-corrected chi connectivity index (χ3v) is 6.27. The summed E-state index contributed by atoms with van der Waals surface area (Å²) in [6.07, 6.45) is 0.676. The van der Waals surface area contributed by atoms with Gasteiger partial charge in [-0.3, -0.25) is 4.79 Å². The fraction of sp³-hybridized carbons (Fsp3) is 0.588. The number of aryl methyl sites for hydroxylation is 3. The van der Waals surface area contributed by atoms with Crippen molar-refractivity contribution in [2.24, 2.45) is 0 Å². The Labute approximate surface area is 139 Å². The quantitative estimate of drug-likeness (QED) is 0.848. The molecular formula is C17H26N2O3S. The Morgan fingerprint density at radius 2 is 1.65 bits per heavy atom. The van der Waals surface area contributed by atoms with Crippen LogP contribution in [-0.2, 0) is 10.0 Å². The van der Waals surface area contributed by atoms with Gasteiger partial charge < -0.3 is 4.90 Å². The lowest BCUT2D eigenvalue weighted by molar-refractivity contribution is 0.0763. The Balaban J connectivity index is 2.19. The van der Waals surface area contributed by atoms with Gasteiger partial charge in [-0.25, -0.2) is 12.7 Å². The molecule has 0 atom stereocenters. The molecule has 6 heteroatoms. The summed E-state index contributed by atoms with van der Waals surface area (Å²) in [5.41, 5.74) is 3.86. The standard InChI is InChI=1S/C17H26N2O3S/c1-5-23(21,22)19-8-6-7-18(9-10-19)17(20)16-14(3)11-13(2)12-15(16)4/h11-12H,5-10H2,1-4H3. The highest BCUT2D eigenvalue weighted by molar-refractivity contribution is 7.89. The van der Waals surface area contributed by atoms with Crippen LogP contribution >= 0.6 is 0 Å². The van der Waals surface area contributed by atoms with Gasteiger partial charge in [0.1, 0.15) is 0 Å². The maximum atomic E-state index is 12.9. The maximum Gasteiger partial charge on any atom is 0.254 e. The van der Waals surface area contributed by atoms with Gasteiger partial charge in [-0.2, -0.15) is 0 Å². The zero-order chi connectivity index (χ0) is 17.2. The average Bonchev–Trinajstić information content (AvgIpc) is 2.72. The van der Waals surface area contributed by atoms with Crippen molar-refractivity contribution < 1.29 is 13.2 Å². The Morgan fingerprint density at radius 1 is 1.04 bits per heavy atom. The van der Waals surface area contributed by atoms with Gasteiger partial charge in [-0.15, -0.1) is 0 Å². The summed E-state index contributed by atoms with van der Waals surface area (Å²) in [4.78, 5) is 14.7. The van der Waals surface area contributed by atoms with Crippen LogP contribution in [0.2, 0.25) is 0 Å². The molecule has 128 valence electrons. The van der Waals surface area contributed by atoms with E-state index < -0.39 is 10.0 Å². The van der Waals surface area contributed by atoms with Gasteiger partial charge in [-0.1, -0.05) is 17.7 Å². The van der Waals surface area contributed by atoms with Crippen molar-refractivity contribution in [1.82, 2.24) is 9.21 Å². The number of rotatable bonds is 3. The number of sulfonamides is 1. The number of nitrogens with zero attached hydrogens (tertiary/aromatic N) is 2. The largest absolute Gasteiger partial charge is 0.337 e. The monoisotopic (exact) mass is 338 g/mol. The highest BCUT2D eigenvalue weighted by atomic mass is 32.2. The van der Waals surface area contributed by atoms with Crippen LogP contribution in [0.25, 0.3) is 0 Å². The predicted octanol–water partition coefficient (Wildman–Crippen LogP) is 2.11. The first-order valence-electron chi connectivity index (χ1n) is 8.11. The average molecular weight is 338 g/mol. The molecule has 0 aromatic heterocycles. The molecule has 0 aliphatic carbocycles. The molecule has 23 heavy (non-hydrogen) atoms. The summed E-state index contributed by atoms with van der Waals surface area (Å²) >= 11 is 0. The van der Waals surface area contributed by atoms with Crippen LogP contribution in [0.3, 0.4) is 0 Å². The number of benzene rings is 1. The Kier molecular flexibility index (Phi) is 5.47. The topological polar surface area (TPSA) is 57.7 Å². The minimum atomic E-state index is -3.18. The fourth-order valence-electron chi connectivity index (χ4n) is 3.23. The van der Waals surface area contributed by atoms with Crippen molar-refractivity contribution >= 4 is 15.9 Å². The van der Waals surface area contributed by atoms with Gasteiger partial charge in [0.2, 0.25) is 10.0 Å². The van der Waals surface area contributed by atoms with Crippen molar-refractivity contribution in [3.63, 3.8) is 0 Å². The molecule has 0 N–H and O–H groups in total. The lowest BCUT2D eigenvalue weighted by atomic mass is 9.98. The second kappa shape index (κ2) is 7.01. The van der Waals surface area contributed by atoms with E-state index in [1.165, 1.54) is 4.31 Å². The molecule has 5 nitrogen and oxygen atoms in total. The fourth-order valence-corrected chi connectivity index (χ4v) is 4.37. The third kappa shape index (κ3) is 3.93. The Morgan fingerprint density at radius 3 is 2.22 bits per heavy atom. The van der Waals surface area contributed by atoms with Crippen LogP contribution in [0.1, 0.15) is 40.4 Å². The van der Waals surface area contributed by atoms with E-state index in [9.17, 15) is 13.2 Å². The summed E-state index contributed by atoms with van der Waals surface area (Å²) < 4.78 is 25.6. The number of hydrogen-bond acceptors (Lipinski definition) is 3. The molecular weight excluding hydrogens is 312 g/mol. The number of carbonyl (C=O) groups excluding carboxylic acids is 1. The van der Waals surface area contributed by atoms with Crippen LogP contribution in [-0.4, -0.2) is 55.5 Å².